The highest BCUT2D eigenvalue weighted by molar-refractivity contribution is 5.89. The normalized spacial score (nSPS) is 10.9. The summed E-state index contributed by atoms with van der Waals surface area (Å²) < 4.78 is 13.1. The van der Waals surface area contributed by atoms with Gasteiger partial charge < -0.3 is 10.3 Å². The maximum atomic E-state index is 13.1. The Morgan fingerprint density at radius 2 is 1.96 bits per heavy atom. The number of nitrogens with one attached hydrogen (secondary N) is 2. The molecule has 3 heterocycles. The number of fused-ring (bicyclic) bond motifs is 1. The third-order valence-electron chi connectivity index (χ3n) is 4.36. The summed E-state index contributed by atoms with van der Waals surface area (Å²) in [7, 11) is 0. The number of aromatic nitrogens is 3. The van der Waals surface area contributed by atoms with Gasteiger partial charge in [-0.1, -0.05) is 18.2 Å². The van der Waals surface area contributed by atoms with Gasteiger partial charge in [0.05, 0.1) is 6.42 Å². The molecule has 0 aliphatic rings. The molecule has 0 saturated heterocycles. The number of benzene rings is 1. The van der Waals surface area contributed by atoms with Crippen molar-refractivity contribution in [2.45, 2.75) is 13.0 Å². The minimum absolute atomic E-state index is 0.0769. The van der Waals surface area contributed by atoms with Gasteiger partial charge in [-0.3, -0.25) is 9.78 Å². The van der Waals surface area contributed by atoms with Crippen molar-refractivity contribution in [1.29, 1.82) is 0 Å². The molecule has 0 radical (unpaired) electrons. The van der Waals surface area contributed by atoms with Crippen LogP contribution in [0.3, 0.4) is 0 Å². The second kappa shape index (κ2) is 7.37. The maximum Gasteiger partial charge on any atom is 0.224 e. The molecule has 2 N–H and O–H groups in total. The number of amides is 1. The van der Waals surface area contributed by atoms with Gasteiger partial charge in [-0.05, 0) is 41.0 Å². The Bertz CT molecular complexity index is 1070. The number of pyridine rings is 2. The standard InChI is InChI=1S/C21H17FN4O/c22-18-5-3-15(4-6-18)16-8-19-17(13-26-21(19)25-12-16)9-20(27)24-11-14-2-1-7-23-10-14/h1-8,10,12-13H,9,11H2,(H,24,27)(H,25,26). The highest BCUT2D eigenvalue weighted by Crippen LogP contribution is 2.25. The van der Waals surface area contributed by atoms with Crippen LogP contribution in [0.15, 0.2) is 67.3 Å². The van der Waals surface area contributed by atoms with E-state index in [0.29, 0.717) is 6.54 Å². The zero-order valence-corrected chi connectivity index (χ0v) is 14.4. The van der Waals surface area contributed by atoms with Crippen LogP contribution in [0.4, 0.5) is 4.39 Å². The molecule has 0 spiro atoms. The number of halogens is 1. The molecular formula is C21H17FN4O. The van der Waals surface area contributed by atoms with Gasteiger partial charge in [0, 0.05) is 42.3 Å². The topological polar surface area (TPSA) is 70.7 Å². The molecule has 0 saturated carbocycles. The Morgan fingerprint density at radius 3 is 2.74 bits per heavy atom. The average molecular weight is 360 g/mol. The quantitative estimate of drug-likeness (QED) is 0.571. The number of rotatable bonds is 5. The Labute approximate surface area is 155 Å². The van der Waals surface area contributed by atoms with Crippen LogP contribution in [0, 0.1) is 5.82 Å². The van der Waals surface area contributed by atoms with Crippen LogP contribution in [0.2, 0.25) is 0 Å². The lowest BCUT2D eigenvalue weighted by atomic mass is 10.0. The summed E-state index contributed by atoms with van der Waals surface area (Å²) in [5.74, 6) is -0.354. The molecule has 4 rings (SSSR count). The number of carbonyl (C=O) groups excluding carboxylic acids is 1. The molecule has 4 aromatic rings. The molecule has 6 heteroatoms. The highest BCUT2D eigenvalue weighted by atomic mass is 19.1. The van der Waals surface area contributed by atoms with Crippen molar-refractivity contribution in [3.05, 3.63) is 84.2 Å². The lowest BCUT2D eigenvalue weighted by Gasteiger charge is -2.05. The van der Waals surface area contributed by atoms with Crippen LogP contribution in [0.1, 0.15) is 11.1 Å². The number of nitrogens with zero attached hydrogens (tertiary/aromatic N) is 2. The monoisotopic (exact) mass is 360 g/mol. The fourth-order valence-electron chi connectivity index (χ4n) is 2.94. The molecular weight excluding hydrogens is 343 g/mol. The number of hydrogen-bond acceptors (Lipinski definition) is 3. The van der Waals surface area contributed by atoms with Crippen LogP contribution in [0.25, 0.3) is 22.2 Å². The molecule has 27 heavy (non-hydrogen) atoms. The molecule has 0 fully saturated rings. The third kappa shape index (κ3) is 3.84. The zero-order chi connectivity index (χ0) is 18.6. The van der Waals surface area contributed by atoms with E-state index in [2.05, 4.69) is 20.3 Å². The predicted octanol–water partition coefficient (Wildman–Crippen LogP) is 3.62. The maximum absolute atomic E-state index is 13.1. The second-order valence-electron chi connectivity index (χ2n) is 6.26. The second-order valence-corrected chi connectivity index (χ2v) is 6.26. The van der Waals surface area contributed by atoms with Crippen LogP contribution in [-0.2, 0) is 17.8 Å². The van der Waals surface area contributed by atoms with E-state index < -0.39 is 0 Å². The van der Waals surface area contributed by atoms with Crippen LogP contribution >= 0.6 is 0 Å². The zero-order valence-electron chi connectivity index (χ0n) is 14.4. The first-order valence-electron chi connectivity index (χ1n) is 8.56. The number of H-pyrrole nitrogens is 1. The smallest absolute Gasteiger partial charge is 0.224 e. The largest absolute Gasteiger partial charge is 0.352 e. The minimum atomic E-state index is -0.277. The van der Waals surface area contributed by atoms with E-state index >= 15 is 0 Å². The van der Waals surface area contributed by atoms with Gasteiger partial charge in [-0.15, -0.1) is 0 Å². The Hall–Kier alpha value is -3.54. The summed E-state index contributed by atoms with van der Waals surface area (Å²) in [6, 6.07) is 12.0. The lowest BCUT2D eigenvalue weighted by molar-refractivity contribution is -0.120. The summed E-state index contributed by atoms with van der Waals surface area (Å²) in [5, 5.41) is 3.78. The molecule has 0 aliphatic carbocycles. The summed E-state index contributed by atoms with van der Waals surface area (Å²) in [6.07, 6.45) is 7.21. The van der Waals surface area contributed by atoms with Gasteiger partial charge in [-0.25, -0.2) is 9.37 Å². The number of hydrogen-bond donors (Lipinski definition) is 2. The van der Waals surface area contributed by atoms with Crippen molar-refractivity contribution in [2.24, 2.45) is 0 Å². The van der Waals surface area contributed by atoms with Crippen molar-refractivity contribution in [3.63, 3.8) is 0 Å². The van der Waals surface area contributed by atoms with E-state index in [4.69, 9.17) is 0 Å². The number of carbonyl (C=O) groups is 1. The van der Waals surface area contributed by atoms with Gasteiger partial charge >= 0.3 is 0 Å². The summed E-state index contributed by atoms with van der Waals surface area (Å²) in [6.45, 7) is 0.439. The summed E-state index contributed by atoms with van der Waals surface area (Å²) >= 11 is 0. The summed E-state index contributed by atoms with van der Waals surface area (Å²) in [5.41, 5.74) is 4.28. The first-order chi connectivity index (χ1) is 13.2. The molecule has 0 aliphatic heterocycles. The van der Waals surface area contributed by atoms with E-state index in [1.807, 2.05) is 18.2 Å². The molecule has 0 unspecified atom stereocenters. The van der Waals surface area contributed by atoms with E-state index in [9.17, 15) is 9.18 Å². The van der Waals surface area contributed by atoms with Crippen LogP contribution < -0.4 is 5.32 Å². The minimum Gasteiger partial charge on any atom is -0.352 e. The van der Waals surface area contributed by atoms with Crippen LogP contribution in [0.5, 0.6) is 0 Å². The molecule has 3 aromatic heterocycles. The molecule has 134 valence electrons. The first-order valence-corrected chi connectivity index (χ1v) is 8.56. The SMILES string of the molecule is O=C(Cc1c[nH]c2ncc(-c3ccc(F)cc3)cc12)NCc1cccnc1. The fourth-order valence-corrected chi connectivity index (χ4v) is 2.94. The molecule has 0 bridgehead atoms. The van der Waals surface area contributed by atoms with Gasteiger partial charge in [0.1, 0.15) is 11.5 Å². The van der Waals surface area contributed by atoms with Crippen molar-refractivity contribution in [1.82, 2.24) is 20.3 Å². The first kappa shape index (κ1) is 16.9. The van der Waals surface area contributed by atoms with E-state index in [1.54, 1.807) is 36.9 Å². The van der Waals surface area contributed by atoms with Gasteiger partial charge in [0.2, 0.25) is 5.91 Å². The van der Waals surface area contributed by atoms with Crippen LogP contribution in [-0.4, -0.2) is 20.9 Å². The Morgan fingerprint density at radius 1 is 1.11 bits per heavy atom. The van der Waals surface area contributed by atoms with Gasteiger partial charge in [0.25, 0.3) is 0 Å². The number of aromatic amines is 1. The van der Waals surface area contributed by atoms with E-state index in [0.717, 1.165) is 33.3 Å². The highest BCUT2D eigenvalue weighted by Gasteiger charge is 2.11. The molecule has 0 atom stereocenters. The molecule has 1 aromatic carbocycles. The van der Waals surface area contributed by atoms with Crippen molar-refractivity contribution < 1.29 is 9.18 Å². The Kier molecular flexibility index (Phi) is 4.61. The summed E-state index contributed by atoms with van der Waals surface area (Å²) in [4.78, 5) is 23.9. The van der Waals surface area contributed by atoms with Crippen molar-refractivity contribution in [2.75, 3.05) is 0 Å². The van der Waals surface area contributed by atoms with Crippen molar-refractivity contribution in [3.8, 4) is 11.1 Å². The molecule has 1 amide bonds. The van der Waals surface area contributed by atoms with E-state index in [1.165, 1.54) is 12.1 Å². The fraction of sp³-hybridized carbons (Fsp3) is 0.0952. The average Bonchev–Trinajstić information content (AvgIpc) is 3.10. The van der Waals surface area contributed by atoms with Crippen molar-refractivity contribution >= 4 is 16.9 Å². The Balaban J connectivity index is 1.52. The lowest BCUT2D eigenvalue weighted by Crippen LogP contribution is -2.24. The van der Waals surface area contributed by atoms with E-state index in [-0.39, 0.29) is 18.1 Å². The predicted molar refractivity (Wildman–Crippen MR) is 101 cm³/mol. The third-order valence-corrected chi connectivity index (χ3v) is 4.36. The van der Waals surface area contributed by atoms with Gasteiger partial charge in [-0.2, -0.15) is 0 Å². The van der Waals surface area contributed by atoms with Gasteiger partial charge in [0.15, 0.2) is 0 Å². The molecule has 5 nitrogen and oxygen atoms in total.